The van der Waals surface area contributed by atoms with Gasteiger partial charge < -0.3 is 4.74 Å². The highest BCUT2D eigenvalue weighted by molar-refractivity contribution is 5.88. The first kappa shape index (κ1) is 15.9. The van der Waals surface area contributed by atoms with E-state index >= 15 is 0 Å². The smallest absolute Gasteiger partial charge is 0.457 e. The summed E-state index contributed by atoms with van der Waals surface area (Å²) in [5.74, 6) is -6.19. The van der Waals surface area contributed by atoms with Crippen molar-refractivity contribution in [2.45, 2.75) is 38.3 Å². The summed E-state index contributed by atoms with van der Waals surface area (Å²) < 4.78 is 65.4. The maximum atomic E-state index is 12.7. The average molecular weight is 260 g/mol. The number of hydrogen-bond acceptors (Lipinski definition) is 2. The van der Waals surface area contributed by atoms with E-state index < -0.39 is 23.6 Å². The van der Waals surface area contributed by atoms with Crippen LogP contribution in [-0.2, 0) is 9.53 Å². The van der Waals surface area contributed by atoms with Crippen LogP contribution in [-0.4, -0.2) is 25.2 Å². The number of hydrogen-bond donors (Lipinski definition) is 0. The molecule has 0 radical (unpaired) electrons. The second kappa shape index (κ2) is 5.97. The standard InChI is InChI=1S/C10H13F5O2/c1-3-4-5-7(8(16)17-2)6-9(11,12)10(13,14)15/h6H,3-5H2,1-2H3. The van der Waals surface area contributed by atoms with E-state index in [9.17, 15) is 26.7 Å². The monoisotopic (exact) mass is 260 g/mol. The molecule has 0 heterocycles. The van der Waals surface area contributed by atoms with E-state index in [1.54, 1.807) is 6.92 Å². The van der Waals surface area contributed by atoms with Gasteiger partial charge in [0.1, 0.15) is 0 Å². The molecule has 0 saturated carbocycles. The van der Waals surface area contributed by atoms with Crippen molar-refractivity contribution >= 4 is 5.97 Å². The van der Waals surface area contributed by atoms with Crippen molar-refractivity contribution in [1.82, 2.24) is 0 Å². The van der Waals surface area contributed by atoms with E-state index in [0.29, 0.717) is 12.8 Å². The van der Waals surface area contributed by atoms with Crippen molar-refractivity contribution in [2.24, 2.45) is 0 Å². The van der Waals surface area contributed by atoms with Crippen LogP contribution in [0.15, 0.2) is 11.6 Å². The van der Waals surface area contributed by atoms with Gasteiger partial charge in [0, 0.05) is 11.6 Å². The third-order valence-electron chi connectivity index (χ3n) is 1.98. The highest BCUT2D eigenvalue weighted by atomic mass is 19.4. The number of carbonyl (C=O) groups is 1. The Bertz CT molecular complexity index is 294. The molecule has 0 aliphatic heterocycles. The Labute approximate surface area is 95.4 Å². The van der Waals surface area contributed by atoms with Crippen molar-refractivity contribution in [2.75, 3.05) is 7.11 Å². The van der Waals surface area contributed by atoms with E-state index in [2.05, 4.69) is 4.74 Å². The van der Waals surface area contributed by atoms with Crippen LogP contribution in [0.2, 0.25) is 0 Å². The van der Waals surface area contributed by atoms with Gasteiger partial charge in [-0.3, -0.25) is 0 Å². The number of allylic oxidation sites excluding steroid dienone is 1. The van der Waals surface area contributed by atoms with Crippen molar-refractivity contribution < 1.29 is 31.5 Å². The van der Waals surface area contributed by atoms with Crippen LogP contribution in [0.5, 0.6) is 0 Å². The van der Waals surface area contributed by atoms with Crippen LogP contribution < -0.4 is 0 Å². The molecule has 2 nitrogen and oxygen atoms in total. The second-order valence-electron chi connectivity index (χ2n) is 3.39. The molecular formula is C10H13F5O2. The van der Waals surface area contributed by atoms with Gasteiger partial charge in [-0.25, -0.2) is 4.79 Å². The number of methoxy groups -OCH3 is 1. The number of ether oxygens (including phenoxy) is 1. The lowest BCUT2D eigenvalue weighted by atomic mass is 10.1. The second-order valence-corrected chi connectivity index (χ2v) is 3.39. The fourth-order valence-electron chi connectivity index (χ4n) is 1.03. The molecule has 0 spiro atoms. The average Bonchev–Trinajstić information content (AvgIpc) is 2.21. The maximum Gasteiger partial charge on any atom is 0.457 e. The third kappa shape index (κ3) is 4.70. The summed E-state index contributed by atoms with van der Waals surface area (Å²) in [6.45, 7) is 1.72. The zero-order valence-corrected chi connectivity index (χ0v) is 9.40. The maximum absolute atomic E-state index is 12.7. The molecule has 0 saturated heterocycles. The highest BCUT2D eigenvalue weighted by Gasteiger charge is 2.56. The Morgan fingerprint density at radius 3 is 2.12 bits per heavy atom. The zero-order chi connectivity index (χ0) is 13.7. The Balaban J connectivity index is 5.09. The van der Waals surface area contributed by atoms with Crippen LogP contribution in [0, 0.1) is 0 Å². The molecule has 0 aliphatic rings. The van der Waals surface area contributed by atoms with E-state index in [0.717, 1.165) is 7.11 Å². The van der Waals surface area contributed by atoms with Crippen LogP contribution >= 0.6 is 0 Å². The lowest BCUT2D eigenvalue weighted by Crippen LogP contribution is -2.35. The summed E-state index contributed by atoms with van der Waals surface area (Å²) in [7, 11) is 0.924. The number of alkyl halides is 5. The molecular weight excluding hydrogens is 247 g/mol. The molecule has 0 fully saturated rings. The Morgan fingerprint density at radius 1 is 1.24 bits per heavy atom. The molecule has 0 aromatic heterocycles. The van der Waals surface area contributed by atoms with Crippen LogP contribution in [0.1, 0.15) is 26.2 Å². The molecule has 7 heteroatoms. The van der Waals surface area contributed by atoms with E-state index in [-0.39, 0.29) is 12.5 Å². The van der Waals surface area contributed by atoms with Crippen molar-refractivity contribution in [3.8, 4) is 0 Å². The molecule has 0 aromatic rings. The summed E-state index contributed by atoms with van der Waals surface area (Å²) in [4.78, 5) is 11.0. The molecule has 0 amide bonds. The third-order valence-corrected chi connectivity index (χ3v) is 1.98. The first-order valence-electron chi connectivity index (χ1n) is 4.90. The first-order chi connectivity index (χ1) is 7.65. The minimum atomic E-state index is -5.71. The van der Waals surface area contributed by atoms with Gasteiger partial charge in [0.05, 0.1) is 7.11 Å². The predicted octanol–water partition coefficient (Wildman–Crippen LogP) is 3.47. The number of esters is 1. The van der Waals surface area contributed by atoms with Gasteiger partial charge >= 0.3 is 18.1 Å². The molecule has 0 unspecified atom stereocenters. The highest BCUT2D eigenvalue weighted by Crippen LogP contribution is 2.37. The zero-order valence-electron chi connectivity index (χ0n) is 9.40. The molecule has 17 heavy (non-hydrogen) atoms. The van der Waals surface area contributed by atoms with Crippen LogP contribution in [0.25, 0.3) is 0 Å². The summed E-state index contributed by atoms with van der Waals surface area (Å²) in [5, 5.41) is 0. The summed E-state index contributed by atoms with van der Waals surface area (Å²) in [5.41, 5.74) is -0.656. The molecule has 0 bridgehead atoms. The largest absolute Gasteiger partial charge is 0.466 e. The fraction of sp³-hybridized carbons (Fsp3) is 0.700. The quantitative estimate of drug-likeness (QED) is 0.430. The van der Waals surface area contributed by atoms with E-state index in [1.807, 2.05) is 0 Å². The lowest BCUT2D eigenvalue weighted by molar-refractivity contribution is -0.259. The first-order valence-corrected chi connectivity index (χ1v) is 4.90. The lowest BCUT2D eigenvalue weighted by Gasteiger charge is -2.17. The Kier molecular flexibility index (Phi) is 5.57. The summed E-state index contributed by atoms with van der Waals surface area (Å²) in [6, 6.07) is 0. The minimum absolute atomic E-state index is 0.172. The van der Waals surface area contributed by atoms with Gasteiger partial charge in [-0.1, -0.05) is 13.3 Å². The molecule has 0 rings (SSSR count). The van der Waals surface area contributed by atoms with Gasteiger partial charge in [0.2, 0.25) is 0 Å². The van der Waals surface area contributed by atoms with Gasteiger partial charge in [0.25, 0.3) is 0 Å². The molecule has 0 atom stereocenters. The van der Waals surface area contributed by atoms with Crippen molar-refractivity contribution in [3.05, 3.63) is 11.6 Å². The number of carbonyl (C=O) groups excluding carboxylic acids is 1. The summed E-state index contributed by atoms with van der Waals surface area (Å²) >= 11 is 0. The molecule has 0 aliphatic carbocycles. The predicted molar refractivity (Wildman–Crippen MR) is 50.6 cm³/mol. The van der Waals surface area contributed by atoms with Gasteiger partial charge in [-0.05, 0) is 12.8 Å². The van der Waals surface area contributed by atoms with Crippen LogP contribution in [0.3, 0.4) is 0 Å². The molecule has 0 N–H and O–H groups in total. The van der Waals surface area contributed by atoms with Crippen molar-refractivity contribution in [1.29, 1.82) is 0 Å². The van der Waals surface area contributed by atoms with E-state index in [4.69, 9.17) is 0 Å². The summed E-state index contributed by atoms with van der Waals surface area (Å²) in [6.07, 6.45) is -5.36. The number of halogens is 5. The van der Waals surface area contributed by atoms with Gasteiger partial charge in [-0.15, -0.1) is 0 Å². The fourth-order valence-corrected chi connectivity index (χ4v) is 1.03. The SMILES string of the molecule is CCCCC(=CC(F)(F)C(F)(F)F)C(=O)OC. The van der Waals surface area contributed by atoms with Crippen LogP contribution in [0.4, 0.5) is 22.0 Å². The van der Waals surface area contributed by atoms with E-state index in [1.165, 1.54) is 0 Å². The normalized spacial score (nSPS) is 13.7. The number of unbranched alkanes of at least 4 members (excludes halogenated alkanes) is 1. The van der Waals surface area contributed by atoms with Gasteiger partial charge in [0.15, 0.2) is 0 Å². The Morgan fingerprint density at radius 2 is 1.76 bits per heavy atom. The molecule has 100 valence electrons. The topological polar surface area (TPSA) is 26.3 Å². The number of rotatable bonds is 5. The molecule has 0 aromatic carbocycles. The minimum Gasteiger partial charge on any atom is -0.466 e. The van der Waals surface area contributed by atoms with Crippen molar-refractivity contribution in [3.63, 3.8) is 0 Å². The van der Waals surface area contributed by atoms with Gasteiger partial charge in [-0.2, -0.15) is 22.0 Å². The Hall–Kier alpha value is -1.14.